The molecule has 3 amide bonds. The van der Waals surface area contributed by atoms with Crippen LogP contribution < -0.4 is 10.1 Å². The molecule has 1 atom stereocenters. The number of carbonyl (C=O) groups excluding carboxylic acids is 2. The molecule has 0 saturated carbocycles. The van der Waals surface area contributed by atoms with Gasteiger partial charge >= 0.3 is 6.03 Å². The van der Waals surface area contributed by atoms with E-state index in [-0.39, 0.29) is 30.1 Å². The SMILES string of the molecule is CC(C)CCN(CC(=O)N1CCc2sccc2[C@@H]1COc1ccc(Cl)cc1)C(=O)NC(C)(C)C. The molecule has 0 radical (unpaired) electrons. The van der Waals surface area contributed by atoms with Crippen LogP contribution in [0.1, 0.15) is 57.5 Å². The maximum Gasteiger partial charge on any atom is 0.318 e. The molecule has 1 aliphatic heterocycles. The largest absolute Gasteiger partial charge is 0.491 e. The van der Waals surface area contributed by atoms with Gasteiger partial charge in [-0.25, -0.2) is 4.79 Å². The molecule has 2 heterocycles. The van der Waals surface area contributed by atoms with Gasteiger partial charge in [0.2, 0.25) is 5.91 Å². The van der Waals surface area contributed by atoms with Crippen LogP contribution in [0.4, 0.5) is 4.79 Å². The Kier molecular flexibility index (Phi) is 8.88. The van der Waals surface area contributed by atoms with Crippen molar-refractivity contribution in [3.8, 4) is 5.75 Å². The molecular weight excluding hydrogens is 470 g/mol. The van der Waals surface area contributed by atoms with E-state index in [9.17, 15) is 9.59 Å². The predicted molar refractivity (Wildman–Crippen MR) is 139 cm³/mol. The third kappa shape index (κ3) is 7.37. The summed E-state index contributed by atoms with van der Waals surface area (Å²) >= 11 is 7.71. The highest BCUT2D eigenvalue weighted by Gasteiger charge is 2.34. The summed E-state index contributed by atoms with van der Waals surface area (Å²) < 4.78 is 6.06. The lowest BCUT2D eigenvalue weighted by molar-refractivity contribution is -0.135. The van der Waals surface area contributed by atoms with Gasteiger partial charge < -0.3 is 19.9 Å². The number of urea groups is 1. The fourth-order valence-electron chi connectivity index (χ4n) is 3.90. The normalized spacial score (nSPS) is 15.7. The van der Waals surface area contributed by atoms with E-state index >= 15 is 0 Å². The molecule has 1 aromatic carbocycles. The minimum absolute atomic E-state index is 0.0472. The van der Waals surface area contributed by atoms with Crippen molar-refractivity contribution in [1.29, 1.82) is 0 Å². The fourth-order valence-corrected chi connectivity index (χ4v) is 4.96. The lowest BCUT2D eigenvalue weighted by atomic mass is 10.0. The average molecular weight is 506 g/mol. The molecule has 186 valence electrons. The standard InChI is InChI=1S/C26H36ClN3O3S/c1-18(2)10-13-29(25(32)28-26(3,4)5)16-24(31)30-14-11-23-21(12-15-34-23)22(30)17-33-20-8-6-19(27)7-9-20/h6-9,12,15,18,22H,10-11,13-14,16-17H2,1-5H3,(H,28,32)/t22-/m0/s1. The smallest absolute Gasteiger partial charge is 0.318 e. The third-order valence-corrected chi connectivity index (χ3v) is 6.96. The van der Waals surface area contributed by atoms with Gasteiger partial charge in [0.05, 0.1) is 6.04 Å². The number of halogens is 1. The van der Waals surface area contributed by atoms with Crippen molar-refractivity contribution >= 4 is 34.9 Å². The van der Waals surface area contributed by atoms with Crippen molar-refractivity contribution in [3.05, 3.63) is 51.2 Å². The number of nitrogens with zero attached hydrogens (tertiary/aromatic N) is 2. The number of fused-ring (bicyclic) bond motifs is 1. The second-order valence-electron chi connectivity index (χ2n) is 10.2. The van der Waals surface area contributed by atoms with Crippen LogP contribution in [-0.2, 0) is 11.2 Å². The van der Waals surface area contributed by atoms with Crippen LogP contribution in [0, 0.1) is 5.92 Å². The first-order valence-electron chi connectivity index (χ1n) is 11.8. The quantitative estimate of drug-likeness (QED) is 0.496. The highest BCUT2D eigenvalue weighted by Crippen LogP contribution is 2.34. The topological polar surface area (TPSA) is 61.9 Å². The minimum atomic E-state index is -0.373. The summed E-state index contributed by atoms with van der Waals surface area (Å²) in [4.78, 5) is 31.3. The summed E-state index contributed by atoms with van der Waals surface area (Å²) in [5.74, 6) is 1.08. The lowest BCUT2D eigenvalue weighted by Crippen LogP contribution is -2.53. The maximum atomic E-state index is 13.6. The van der Waals surface area contributed by atoms with E-state index in [4.69, 9.17) is 16.3 Å². The maximum absolute atomic E-state index is 13.6. The second kappa shape index (κ2) is 11.5. The van der Waals surface area contributed by atoms with Crippen molar-refractivity contribution in [2.45, 2.75) is 59.0 Å². The van der Waals surface area contributed by atoms with E-state index in [0.29, 0.717) is 36.4 Å². The van der Waals surface area contributed by atoms with E-state index in [0.717, 1.165) is 18.4 Å². The van der Waals surface area contributed by atoms with Crippen LogP contribution in [0.5, 0.6) is 5.75 Å². The molecule has 0 fully saturated rings. The Balaban J connectivity index is 1.75. The first-order chi connectivity index (χ1) is 16.0. The number of thiophene rings is 1. The summed E-state index contributed by atoms with van der Waals surface area (Å²) in [5.41, 5.74) is 0.758. The zero-order valence-corrected chi connectivity index (χ0v) is 22.3. The summed E-state index contributed by atoms with van der Waals surface area (Å²) in [6, 6.07) is 8.92. The highest BCUT2D eigenvalue weighted by molar-refractivity contribution is 7.10. The zero-order valence-electron chi connectivity index (χ0n) is 20.8. The van der Waals surface area contributed by atoms with Crippen molar-refractivity contribution in [2.75, 3.05) is 26.2 Å². The molecule has 0 saturated heterocycles. The predicted octanol–water partition coefficient (Wildman–Crippen LogP) is 5.76. The first kappa shape index (κ1) is 26.4. The van der Waals surface area contributed by atoms with Crippen LogP contribution in [0.25, 0.3) is 0 Å². The number of nitrogens with one attached hydrogen (secondary N) is 1. The van der Waals surface area contributed by atoms with Gasteiger partial charge in [0.1, 0.15) is 18.9 Å². The molecule has 0 unspecified atom stereocenters. The van der Waals surface area contributed by atoms with Gasteiger partial charge in [0, 0.05) is 28.5 Å². The highest BCUT2D eigenvalue weighted by atomic mass is 35.5. The number of hydrogen-bond donors (Lipinski definition) is 1. The Morgan fingerprint density at radius 2 is 1.94 bits per heavy atom. The third-order valence-electron chi connectivity index (χ3n) is 5.71. The molecule has 2 aromatic rings. The van der Waals surface area contributed by atoms with Gasteiger partial charge in [0.25, 0.3) is 0 Å². The summed E-state index contributed by atoms with van der Waals surface area (Å²) in [6.07, 6.45) is 1.65. The van der Waals surface area contributed by atoms with E-state index in [1.54, 1.807) is 28.4 Å². The van der Waals surface area contributed by atoms with Gasteiger partial charge in [-0.05, 0) is 80.8 Å². The van der Waals surface area contributed by atoms with Crippen LogP contribution >= 0.6 is 22.9 Å². The molecule has 0 bridgehead atoms. The van der Waals surface area contributed by atoms with Gasteiger partial charge in [-0.2, -0.15) is 0 Å². The number of carbonyl (C=O) groups is 2. The molecule has 0 spiro atoms. The Morgan fingerprint density at radius 3 is 2.59 bits per heavy atom. The summed E-state index contributed by atoms with van der Waals surface area (Å²) in [7, 11) is 0. The first-order valence-corrected chi connectivity index (χ1v) is 13.1. The Bertz CT molecular complexity index is 968. The fraction of sp³-hybridized carbons (Fsp3) is 0.538. The van der Waals surface area contributed by atoms with Crippen molar-refractivity contribution in [3.63, 3.8) is 0 Å². The Hall–Kier alpha value is -2.25. The number of benzene rings is 1. The van der Waals surface area contributed by atoms with E-state index < -0.39 is 0 Å². The summed E-state index contributed by atoms with van der Waals surface area (Å²) in [6.45, 7) is 11.6. The Morgan fingerprint density at radius 1 is 1.24 bits per heavy atom. The second-order valence-corrected chi connectivity index (χ2v) is 11.6. The van der Waals surface area contributed by atoms with E-state index in [2.05, 4.69) is 30.6 Å². The van der Waals surface area contributed by atoms with Crippen molar-refractivity contribution in [2.24, 2.45) is 5.92 Å². The number of rotatable bonds is 8. The van der Waals surface area contributed by atoms with Gasteiger partial charge in [-0.3, -0.25) is 4.79 Å². The lowest BCUT2D eigenvalue weighted by Gasteiger charge is -2.37. The molecule has 1 aromatic heterocycles. The van der Waals surface area contributed by atoms with Crippen molar-refractivity contribution in [1.82, 2.24) is 15.1 Å². The summed E-state index contributed by atoms with van der Waals surface area (Å²) in [5, 5.41) is 5.73. The number of ether oxygens (including phenoxy) is 1. The van der Waals surface area contributed by atoms with E-state index in [1.807, 2.05) is 37.8 Å². The minimum Gasteiger partial charge on any atom is -0.491 e. The molecule has 0 aliphatic carbocycles. The Labute approximate surface area is 212 Å². The van der Waals surface area contributed by atoms with Crippen LogP contribution in [0.2, 0.25) is 5.02 Å². The zero-order chi connectivity index (χ0) is 24.9. The molecular formula is C26H36ClN3O3S. The van der Waals surface area contributed by atoms with Gasteiger partial charge in [0.15, 0.2) is 0 Å². The average Bonchev–Trinajstić information content (AvgIpc) is 3.23. The number of amides is 3. The monoisotopic (exact) mass is 505 g/mol. The molecule has 6 nitrogen and oxygen atoms in total. The van der Waals surface area contributed by atoms with Crippen LogP contribution in [0.3, 0.4) is 0 Å². The molecule has 1 aliphatic rings. The van der Waals surface area contributed by atoms with Crippen LogP contribution in [0.15, 0.2) is 35.7 Å². The van der Waals surface area contributed by atoms with E-state index in [1.165, 1.54) is 4.88 Å². The molecule has 3 rings (SSSR count). The van der Waals surface area contributed by atoms with Gasteiger partial charge in [-0.15, -0.1) is 11.3 Å². The van der Waals surface area contributed by atoms with Crippen LogP contribution in [-0.4, -0.2) is 53.5 Å². The molecule has 8 heteroatoms. The van der Waals surface area contributed by atoms with Crippen molar-refractivity contribution < 1.29 is 14.3 Å². The van der Waals surface area contributed by atoms with Gasteiger partial charge in [-0.1, -0.05) is 25.4 Å². The number of hydrogen-bond acceptors (Lipinski definition) is 4. The molecule has 34 heavy (non-hydrogen) atoms. The molecule has 1 N–H and O–H groups in total.